The van der Waals surface area contributed by atoms with E-state index in [-0.39, 0.29) is 84.9 Å². The number of anilines is 1. The summed E-state index contributed by atoms with van der Waals surface area (Å²) in [5, 5.41) is 130. The number of aliphatic hydroxyl groups excluding tert-OH is 12. The number of nitrogens with one attached hydrogen (secondary N) is 2. The van der Waals surface area contributed by atoms with Gasteiger partial charge < -0.3 is 156 Å². The minimum Gasteiger partial charge on any atom is -0.465 e. The number of esters is 1. The van der Waals surface area contributed by atoms with Crippen molar-refractivity contribution in [2.45, 2.75) is 187 Å². The third-order valence-electron chi connectivity index (χ3n) is 15.5. The van der Waals surface area contributed by atoms with Gasteiger partial charge in [0.2, 0.25) is 11.8 Å². The first-order valence-corrected chi connectivity index (χ1v) is 31.5. The van der Waals surface area contributed by atoms with Crippen molar-refractivity contribution in [3.63, 3.8) is 0 Å². The molecule has 0 saturated carbocycles. The van der Waals surface area contributed by atoms with Crippen LogP contribution in [0.3, 0.4) is 0 Å². The van der Waals surface area contributed by atoms with Crippen molar-refractivity contribution >= 4 is 53.0 Å². The number of benzene rings is 1. The number of carbonyl (C=O) groups is 6. The zero-order valence-corrected chi connectivity index (χ0v) is 53.0. The molecule has 4 saturated heterocycles. The Morgan fingerprint density at radius 1 is 0.568 bits per heavy atom. The fraction of sp³-hybridized carbons (Fsp3) is 0.789. The number of rotatable bonds is 41. The van der Waals surface area contributed by atoms with Crippen LogP contribution in [0.2, 0.25) is 0 Å². The Kier molecular flexibility index (Phi) is 35.2. The predicted octanol–water partition coefficient (Wildman–Crippen LogP) is -7.80. The lowest BCUT2D eigenvalue weighted by Gasteiger charge is -2.46. The van der Waals surface area contributed by atoms with Gasteiger partial charge in [0.1, 0.15) is 91.5 Å². The molecule has 4 heterocycles. The number of Topliss-reactive ketones (excluding diaryl/α,β-unsaturated/α-hetero) is 1. The van der Waals surface area contributed by atoms with Crippen LogP contribution in [0.1, 0.15) is 51.0 Å². The standard InChI is InChI=1S/C57H93ClN6O31/c1-2-13-64(14-11-58)29-9-7-28(8-10-29)22-30(59)51(80)85-16-4-6-37(70)63-31(32(69)5-3-15-83-18-20-86-54-49(43(76)39(72)33(24-65)90-54)92-52-45(78)47(94-56(60)81)41(74)35(26-67)88-52)23-38(71)62-12-17-84-19-21-87-55-50(44(77)40(73)34(25-66)91-55)93-53-46(79)48(95-57(61)82)42(75)36(27-68)89-53/h7-10,30-31,33-36,39-50,52-55,65-68,72-79H,2-6,11-27,59H2,1H3,(H2,60,81)(H2,61,82)(H,62,71)(H,63,70)/t30-,31?,33+,34+,35-,36-,39-,40-,41-,42-,43+,44+,45+,46+,47+,48+,49+,50+,52-,53-,54+,55+/m1/s1. The van der Waals surface area contributed by atoms with E-state index in [1.807, 2.05) is 24.3 Å². The highest BCUT2D eigenvalue weighted by Gasteiger charge is 2.54. The molecule has 1 unspecified atom stereocenters. The average Bonchev–Trinajstić information content (AvgIpc) is 0.797. The number of nitrogens with zero attached hydrogens (tertiary/aromatic N) is 1. The van der Waals surface area contributed by atoms with E-state index in [0.29, 0.717) is 12.4 Å². The van der Waals surface area contributed by atoms with Gasteiger partial charge in [0, 0.05) is 50.7 Å². The number of amides is 4. The van der Waals surface area contributed by atoms with Crippen LogP contribution in [0.4, 0.5) is 15.3 Å². The van der Waals surface area contributed by atoms with Gasteiger partial charge in [0.15, 0.2) is 43.2 Å². The molecule has 4 amide bonds. The van der Waals surface area contributed by atoms with Crippen molar-refractivity contribution in [1.29, 1.82) is 0 Å². The molecule has 37 nitrogen and oxygen atoms in total. The van der Waals surface area contributed by atoms with Gasteiger partial charge in [-0.25, -0.2) is 9.59 Å². The van der Waals surface area contributed by atoms with Crippen LogP contribution in [-0.4, -0.2) is 330 Å². The number of carbonyl (C=O) groups excluding carboxylic acids is 6. The Morgan fingerprint density at radius 2 is 1.04 bits per heavy atom. The molecule has 1 aromatic rings. The van der Waals surface area contributed by atoms with E-state index >= 15 is 0 Å². The summed E-state index contributed by atoms with van der Waals surface area (Å²) in [7, 11) is 0. The monoisotopic (exact) mass is 1390 g/mol. The normalized spacial score (nSPS) is 31.5. The molecule has 20 N–H and O–H groups in total. The lowest BCUT2D eigenvalue weighted by molar-refractivity contribution is -0.367. The van der Waals surface area contributed by atoms with Crippen molar-refractivity contribution in [1.82, 2.24) is 10.6 Å². The van der Waals surface area contributed by atoms with E-state index < -0.39 is 204 Å². The van der Waals surface area contributed by atoms with Crippen LogP contribution >= 0.6 is 11.6 Å². The lowest BCUT2D eigenvalue weighted by Crippen LogP contribution is -2.65. The van der Waals surface area contributed by atoms with Gasteiger partial charge in [-0.05, 0) is 43.4 Å². The largest absolute Gasteiger partial charge is 0.465 e. The van der Waals surface area contributed by atoms with Gasteiger partial charge in [-0.2, -0.15) is 0 Å². The number of primary amides is 2. The molecule has 0 aromatic heterocycles. The van der Waals surface area contributed by atoms with Gasteiger partial charge in [0.05, 0.1) is 78.5 Å². The molecule has 95 heavy (non-hydrogen) atoms. The minimum atomic E-state index is -1.96. The maximum absolute atomic E-state index is 13.7. The summed E-state index contributed by atoms with van der Waals surface area (Å²) in [5.74, 6) is -2.20. The number of ketones is 1. The second kappa shape index (κ2) is 41.4. The average molecular weight is 1390 g/mol. The highest BCUT2D eigenvalue weighted by atomic mass is 35.5. The first-order valence-electron chi connectivity index (χ1n) is 30.9. The zero-order chi connectivity index (χ0) is 69.9. The van der Waals surface area contributed by atoms with Crippen LogP contribution in [0.25, 0.3) is 0 Å². The predicted molar refractivity (Wildman–Crippen MR) is 319 cm³/mol. The third kappa shape index (κ3) is 24.5. The Bertz CT molecular complexity index is 2470. The minimum absolute atomic E-state index is 0.0142. The number of ether oxygens (including phenoxy) is 13. The number of aliphatic hydroxyl groups is 12. The van der Waals surface area contributed by atoms with Gasteiger partial charge >= 0.3 is 18.2 Å². The summed E-state index contributed by atoms with van der Waals surface area (Å²) >= 11 is 5.98. The first-order chi connectivity index (χ1) is 45.4. The molecular formula is C57H93ClN6O31. The molecule has 1 aromatic carbocycles. The Hall–Kier alpha value is -4.99. The molecule has 4 aliphatic rings. The second-order valence-electron chi connectivity index (χ2n) is 22.5. The summed E-state index contributed by atoms with van der Waals surface area (Å²) in [5.41, 5.74) is 18.1. The number of hydrogen-bond donors (Lipinski definition) is 17. The Morgan fingerprint density at radius 3 is 1.52 bits per heavy atom. The van der Waals surface area contributed by atoms with Gasteiger partial charge in [-0.3, -0.25) is 19.2 Å². The molecule has 0 spiro atoms. The molecule has 0 aliphatic carbocycles. The van der Waals surface area contributed by atoms with E-state index in [0.717, 1.165) is 24.2 Å². The maximum atomic E-state index is 13.7. The van der Waals surface area contributed by atoms with Gasteiger partial charge in [0.25, 0.3) is 0 Å². The zero-order valence-electron chi connectivity index (χ0n) is 52.2. The summed E-state index contributed by atoms with van der Waals surface area (Å²) in [6.07, 6.45) is -37.0. The topological polar surface area (TPSA) is 571 Å². The molecule has 4 aliphatic heterocycles. The van der Waals surface area contributed by atoms with Crippen molar-refractivity contribution in [2.75, 3.05) is 103 Å². The first kappa shape index (κ1) is 80.7. The SMILES string of the molecule is CCCN(CCCl)c1ccc(C[C@@H](N)C(=O)OCCCC(=O)NC(CC(=O)NCCOCCO[C@H]2O[C@@H](CO)[C@@H](O)[C@H](O)[C@@H]2O[C@H]2O[C@H](CO)[C@@H](O)[C@H](OC(N)=O)[C@@H]2O)C(=O)CCCOCCO[C@H]2O[C@@H](CO)[C@@H](O)[C@H](O)[C@@H]2O[C@H]2O[C@H](CO)[C@@H](O)[C@H](OC(N)=O)[C@@H]2O)cc1. The lowest BCUT2D eigenvalue weighted by atomic mass is 9.97. The van der Waals surface area contributed by atoms with E-state index in [1.54, 1.807) is 0 Å². The van der Waals surface area contributed by atoms with Crippen LogP contribution in [0.5, 0.6) is 0 Å². The molecule has 5 rings (SSSR count). The van der Waals surface area contributed by atoms with E-state index in [9.17, 15) is 90.0 Å². The molecular weight excluding hydrogens is 1300 g/mol. The summed E-state index contributed by atoms with van der Waals surface area (Å²) in [6.45, 7) is -1.41. The Balaban J connectivity index is 1.13. The van der Waals surface area contributed by atoms with Crippen LogP contribution in [-0.2, 0) is 87.2 Å². The highest BCUT2D eigenvalue weighted by Crippen LogP contribution is 2.33. The van der Waals surface area contributed by atoms with Crippen LogP contribution in [0, 0.1) is 0 Å². The molecule has 4 fully saturated rings. The smallest absolute Gasteiger partial charge is 0.404 e. The second-order valence-corrected chi connectivity index (χ2v) is 22.8. The number of hydrogen-bond acceptors (Lipinski definition) is 33. The summed E-state index contributed by atoms with van der Waals surface area (Å²) in [4.78, 5) is 78.4. The fourth-order valence-electron chi connectivity index (χ4n) is 10.5. The number of halogens is 1. The van der Waals surface area contributed by atoms with Crippen molar-refractivity contribution < 1.29 is 152 Å². The third-order valence-corrected chi connectivity index (χ3v) is 15.7. The molecule has 22 atom stereocenters. The van der Waals surface area contributed by atoms with Crippen LogP contribution < -0.4 is 32.7 Å². The van der Waals surface area contributed by atoms with Crippen molar-refractivity contribution in [3.05, 3.63) is 29.8 Å². The quantitative estimate of drug-likeness (QED) is 0.0125. The van der Waals surface area contributed by atoms with E-state index in [2.05, 4.69) is 22.5 Å². The van der Waals surface area contributed by atoms with Crippen molar-refractivity contribution in [2.24, 2.45) is 17.2 Å². The highest BCUT2D eigenvalue weighted by molar-refractivity contribution is 6.18. The van der Waals surface area contributed by atoms with E-state index in [4.69, 9.17) is 90.4 Å². The summed E-state index contributed by atoms with van der Waals surface area (Å²) in [6, 6.07) is 5.16. The van der Waals surface area contributed by atoms with Gasteiger partial charge in [-0.15, -0.1) is 11.6 Å². The molecule has 544 valence electrons. The van der Waals surface area contributed by atoms with Gasteiger partial charge in [-0.1, -0.05) is 19.1 Å². The summed E-state index contributed by atoms with van der Waals surface area (Å²) < 4.78 is 71.1. The molecule has 0 bridgehead atoms. The molecule has 0 radical (unpaired) electrons. The van der Waals surface area contributed by atoms with Crippen LogP contribution in [0.15, 0.2) is 24.3 Å². The number of alkyl halides is 1. The molecule has 38 heteroatoms. The Labute approximate surface area is 550 Å². The van der Waals surface area contributed by atoms with E-state index in [1.165, 1.54) is 0 Å². The number of nitrogens with two attached hydrogens (primary N) is 3. The fourth-order valence-corrected chi connectivity index (χ4v) is 10.7. The van der Waals surface area contributed by atoms with Crippen molar-refractivity contribution in [3.8, 4) is 0 Å². The maximum Gasteiger partial charge on any atom is 0.404 e.